The highest BCUT2D eigenvalue weighted by Gasteiger charge is 2.25. The number of halogens is 2. The molecule has 2 rings (SSSR count). The number of carbonyl (C=O) groups is 1. The first-order valence-electron chi connectivity index (χ1n) is 5.95. The monoisotopic (exact) mass is 296 g/mol. The SMILES string of the molecule is CC(C)c1nn(C)c(Cl)c1C(=O)c1ccccc1Cl. The predicted molar refractivity (Wildman–Crippen MR) is 77.2 cm³/mol. The normalized spacial score (nSPS) is 11.1. The van der Waals surface area contributed by atoms with Crippen LogP contribution in [0.5, 0.6) is 0 Å². The maximum Gasteiger partial charge on any atom is 0.199 e. The Morgan fingerprint density at radius 1 is 1.26 bits per heavy atom. The van der Waals surface area contributed by atoms with E-state index in [9.17, 15) is 4.79 Å². The summed E-state index contributed by atoms with van der Waals surface area (Å²) in [5.41, 5.74) is 1.57. The van der Waals surface area contributed by atoms with Gasteiger partial charge in [-0.2, -0.15) is 5.10 Å². The zero-order valence-electron chi connectivity index (χ0n) is 10.9. The molecule has 0 N–H and O–H groups in total. The topological polar surface area (TPSA) is 34.9 Å². The van der Waals surface area contributed by atoms with Gasteiger partial charge in [0.25, 0.3) is 0 Å². The van der Waals surface area contributed by atoms with Crippen molar-refractivity contribution >= 4 is 29.0 Å². The summed E-state index contributed by atoms with van der Waals surface area (Å²) in [6.45, 7) is 3.95. The van der Waals surface area contributed by atoms with Crippen molar-refractivity contribution < 1.29 is 4.79 Å². The molecule has 0 aliphatic carbocycles. The van der Waals surface area contributed by atoms with Crippen molar-refractivity contribution in [3.8, 4) is 0 Å². The number of hydrogen-bond donors (Lipinski definition) is 0. The second kappa shape index (κ2) is 5.35. The highest BCUT2D eigenvalue weighted by molar-refractivity contribution is 6.38. The van der Waals surface area contributed by atoms with E-state index in [0.29, 0.717) is 27.0 Å². The van der Waals surface area contributed by atoms with E-state index in [1.165, 1.54) is 4.68 Å². The van der Waals surface area contributed by atoms with Gasteiger partial charge < -0.3 is 0 Å². The first-order chi connectivity index (χ1) is 8.93. The van der Waals surface area contributed by atoms with Crippen LogP contribution in [0.4, 0.5) is 0 Å². The maximum atomic E-state index is 12.6. The van der Waals surface area contributed by atoms with Crippen LogP contribution in [0.15, 0.2) is 24.3 Å². The average Bonchev–Trinajstić information content (AvgIpc) is 2.66. The molecule has 0 spiro atoms. The Bertz CT molecular complexity index is 632. The molecular formula is C14H14Cl2N2O. The van der Waals surface area contributed by atoms with Gasteiger partial charge in [-0.05, 0) is 18.1 Å². The molecule has 3 nitrogen and oxygen atoms in total. The molecule has 0 bridgehead atoms. The summed E-state index contributed by atoms with van der Waals surface area (Å²) in [6, 6.07) is 6.94. The summed E-state index contributed by atoms with van der Waals surface area (Å²) in [4.78, 5) is 12.6. The molecule has 5 heteroatoms. The van der Waals surface area contributed by atoms with Crippen LogP contribution in [-0.4, -0.2) is 15.6 Å². The molecule has 19 heavy (non-hydrogen) atoms. The smallest absolute Gasteiger partial charge is 0.199 e. The van der Waals surface area contributed by atoms with Crippen molar-refractivity contribution in [3.05, 3.63) is 51.3 Å². The minimum Gasteiger partial charge on any atom is -0.288 e. The molecule has 1 aromatic carbocycles. The van der Waals surface area contributed by atoms with E-state index in [0.717, 1.165) is 0 Å². The van der Waals surface area contributed by atoms with Crippen LogP contribution in [0, 0.1) is 0 Å². The van der Waals surface area contributed by atoms with Crippen LogP contribution in [0.1, 0.15) is 41.4 Å². The third kappa shape index (κ3) is 2.53. The number of aryl methyl sites for hydroxylation is 1. The molecule has 0 atom stereocenters. The van der Waals surface area contributed by atoms with Crippen molar-refractivity contribution in [2.24, 2.45) is 7.05 Å². The van der Waals surface area contributed by atoms with Crippen LogP contribution in [0.3, 0.4) is 0 Å². The molecule has 1 heterocycles. The molecule has 0 saturated heterocycles. The zero-order chi connectivity index (χ0) is 14.2. The van der Waals surface area contributed by atoms with Gasteiger partial charge in [0.15, 0.2) is 5.78 Å². The minimum absolute atomic E-state index is 0.111. The van der Waals surface area contributed by atoms with Gasteiger partial charge in [-0.1, -0.05) is 49.2 Å². The lowest BCUT2D eigenvalue weighted by atomic mass is 9.99. The molecule has 0 fully saturated rings. The van der Waals surface area contributed by atoms with E-state index in [1.807, 2.05) is 13.8 Å². The number of hydrogen-bond acceptors (Lipinski definition) is 2. The Kier molecular flexibility index (Phi) is 3.97. The number of carbonyl (C=O) groups excluding carboxylic acids is 1. The fourth-order valence-corrected chi connectivity index (χ4v) is 2.36. The second-order valence-electron chi connectivity index (χ2n) is 4.64. The summed E-state index contributed by atoms with van der Waals surface area (Å²) in [5, 5.41) is 5.07. The second-order valence-corrected chi connectivity index (χ2v) is 5.40. The van der Waals surface area contributed by atoms with Crippen LogP contribution in [-0.2, 0) is 7.05 Å². The summed E-state index contributed by atoms with van der Waals surface area (Å²) in [5.74, 6) is -0.0764. The van der Waals surface area contributed by atoms with E-state index in [4.69, 9.17) is 23.2 Å². The molecular weight excluding hydrogens is 283 g/mol. The Labute approximate surface area is 122 Å². The number of benzene rings is 1. The first-order valence-corrected chi connectivity index (χ1v) is 6.70. The molecule has 0 aliphatic heterocycles. The Hall–Kier alpha value is -1.32. The van der Waals surface area contributed by atoms with E-state index < -0.39 is 0 Å². The van der Waals surface area contributed by atoms with Crippen LogP contribution in [0.25, 0.3) is 0 Å². The van der Waals surface area contributed by atoms with Crippen molar-refractivity contribution in [3.63, 3.8) is 0 Å². The maximum absolute atomic E-state index is 12.6. The molecule has 0 saturated carbocycles. The quantitative estimate of drug-likeness (QED) is 0.800. The lowest BCUT2D eigenvalue weighted by molar-refractivity contribution is 0.103. The largest absolute Gasteiger partial charge is 0.288 e. The van der Waals surface area contributed by atoms with E-state index in [2.05, 4.69) is 5.10 Å². The molecule has 0 aliphatic rings. The van der Waals surface area contributed by atoms with Crippen LogP contribution >= 0.6 is 23.2 Å². The van der Waals surface area contributed by atoms with Gasteiger partial charge in [-0.25, -0.2) is 0 Å². The highest BCUT2D eigenvalue weighted by atomic mass is 35.5. The van der Waals surface area contributed by atoms with Gasteiger partial charge in [-0.15, -0.1) is 0 Å². The highest BCUT2D eigenvalue weighted by Crippen LogP contribution is 2.29. The molecule has 0 unspecified atom stereocenters. The van der Waals surface area contributed by atoms with Gasteiger partial charge >= 0.3 is 0 Å². The number of nitrogens with zero attached hydrogens (tertiary/aromatic N) is 2. The Balaban J connectivity index is 2.59. The summed E-state index contributed by atoms with van der Waals surface area (Å²) < 4.78 is 1.51. The van der Waals surface area contributed by atoms with Gasteiger partial charge in [0.05, 0.1) is 16.3 Å². The van der Waals surface area contributed by atoms with Crippen LogP contribution < -0.4 is 0 Å². The molecule has 0 radical (unpaired) electrons. The predicted octanol–water partition coefficient (Wildman–Crippen LogP) is 4.08. The number of aromatic nitrogens is 2. The van der Waals surface area contributed by atoms with E-state index >= 15 is 0 Å². The van der Waals surface area contributed by atoms with E-state index in [1.54, 1.807) is 31.3 Å². The van der Waals surface area contributed by atoms with Gasteiger partial charge in [0.1, 0.15) is 5.15 Å². The fourth-order valence-electron chi connectivity index (χ4n) is 1.92. The van der Waals surface area contributed by atoms with Gasteiger partial charge in [0, 0.05) is 12.6 Å². The summed E-state index contributed by atoms with van der Waals surface area (Å²) >= 11 is 12.3. The molecule has 1 aromatic heterocycles. The minimum atomic E-state index is -0.188. The number of rotatable bonds is 3. The Morgan fingerprint density at radius 2 is 1.89 bits per heavy atom. The van der Waals surface area contributed by atoms with Crippen molar-refractivity contribution in [2.75, 3.05) is 0 Å². The average molecular weight is 297 g/mol. The first kappa shape index (κ1) is 14.1. The Morgan fingerprint density at radius 3 is 2.47 bits per heavy atom. The molecule has 2 aromatic rings. The molecule has 0 amide bonds. The van der Waals surface area contributed by atoms with Gasteiger partial charge in [0.2, 0.25) is 0 Å². The number of ketones is 1. The van der Waals surface area contributed by atoms with Crippen molar-refractivity contribution in [1.82, 2.24) is 9.78 Å². The zero-order valence-corrected chi connectivity index (χ0v) is 12.5. The van der Waals surface area contributed by atoms with E-state index in [-0.39, 0.29) is 11.7 Å². The van der Waals surface area contributed by atoms with Crippen LogP contribution in [0.2, 0.25) is 10.2 Å². The summed E-state index contributed by atoms with van der Waals surface area (Å²) in [6.07, 6.45) is 0. The third-order valence-corrected chi connectivity index (χ3v) is 3.66. The summed E-state index contributed by atoms with van der Waals surface area (Å²) in [7, 11) is 1.72. The fraction of sp³-hybridized carbons (Fsp3) is 0.286. The third-order valence-electron chi connectivity index (χ3n) is 2.90. The van der Waals surface area contributed by atoms with Crippen molar-refractivity contribution in [2.45, 2.75) is 19.8 Å². The van der Waals surface area contributed by atoms with Gasteiger partial charge in [-0.3, -0.25) is 9.48 Å². The van der Waals surface area contributed by atoms with Crippen molar-refractivity contribution in [1.29, 1.82) is 0 Å². The standard InChI is InChI=1S/C14H14Cl2N2O/c1-8(2)12-11(14(16)18(3)17-12)13(19)9-6-4-5-7-10(9)15/h4-8H,1-3H3. The lowest BCUT2D eigenvalue weighted by Gasteiger charge is -2.06. The molecule has 100 valence electrons. The lowest BCUT2D eigenvalue weighted by Crippen LogP contribution is -2.06.